The third kappa shape index (κ3) is 2.96. The summed E-state index contributed by atoms with van der Waals surface area (Å²) in [6.07, 6.45) is 2.63. The van der Waals surface area contributed by atoms with Gasteiger partial charge in [0.1, 0.15) is 11.3 Å². The van der Waals surface area contributed by atoms with E-state index in [9.17, 15) is 4.79 Å². The lowest BCUT2D eigenvalue weighted by Crippen LogP contribution is -2.03. The molecule has 2 aromatic rings. The van der Waals surface area contributed by atoms with Gasteiger partial charge < -0.3 is 14.4 Å². The van der Waals surface area contributed by atoms with Crippen molar-refractivity contribution in [2.75, 3.05) is 12.9 Å². The Kier molecular flexibility index (Phi) is 4.68. The molecule has 0 amide bonds. The monoisotopic (exact) mass is 292 g/mol. The first-order chi connectivity index (χ1) is 9.67. The minimum Gasteiger partial charge on any atom is -0.494 e. The van der Waals surface area contributed by atoms with Gasteiger partial charge in [0.2, 0.25) is 0 Å². The molecule has 0 radical (unpaired) electrons. The van der Waals surface area contributed by atoms with E-state index >= 15 is 0 Å². The number of rotatable bonds is 7. The molecule has 0 saturated heterocycles. The molecule has 1 aromatic heterocycles. The zero-order valence-corrected chi connectivity index (χ0v) is 12.0. The molecule has 1 N–H and O–H groups in total. The van der Waals surface area contributed by atoms with E-state index in [1.54, 1.807) is 7.11 Å². The van der Waals surface area contributed by atoms with Crippen molar-refractivity contribution in [3.8, 4) is 5.75 Å². The number of thioether (sulfide) groups is 1. The lowest BCUT2D eigenvalue weighted by molar-refractivity contribution is -0.133. The standard InChI is InChI=1S/C14H16N2O3S/c1-3-4-8-16-10-6-5-7-11(19-2)13(10)15-14(16)20-9-12(17)18/h3,5-7H,1,4,8-9H2,2H3,(H,17,18). The largest absolute Gasteiger partial charge is 0.494 e. The Bertz CT molecular complexity index is 637. The SMILES string of the molecule is C=CCCn1c(SCC(=O)O)nc2c(OC)cccc21. The highest BCUT2D eigenvalue weighted by Gasteiger charge is 2.15. The van der Waals surface area contributed by atoms with Crippen LogP contribution >= 0.6 is 11.8 Å². The molecular formula is C14H16N2O3S. The summed E-state index contributed by atoms with van der Waals surface area (Å²) in [7, 11) is 1.60. The Labute approximate surface area is 121 Å². The topological polar surface area (TPSA) is 64.4 Å². The summed E-state index contributed by atoms with van der Waals surface area (Å²) in [5.74, 6) is -0.180. The molecular weight excluding hydrogens is 276 g/mol. The van der Waals surface area contributed by atoms with E-state index in [-0.39, 0.29) is 5.75 Å². The highest BCUT2D eigenvalue weighted by atomic mass is 32.2. The number of aryl methyl sites for hydroxylation is 1. The molecule has 20 heavy (non-hydrogen) atoms. The first kappa shape index (κ1) is 14.5. The second-order valence-electron chi connectivity index (χ2n) is 4.13. The predicted octanol–water partition coefficient (Wildman–Crippen LogP) is 2.80. The number of fused-ring (bicyclic) bond motifs is 1. The van der Waals surface area contributed by atoms with E-state index in [2.05, 4.69) is 11.6 Å². The number of para-hydroxylation sites is 1. The summed E-state index contributed by atoms with van der Waals surface area (Å²) in [6.45, 7) is 4.44. The van der Waals surface area contributed by atoms with Crippen LogP contribution in [0.5, 0.6) is 5.75 Å². The Morgan fingerprint density at radius 3 is 3.05 bits per heavy atom. The fourth-order valence-electron chi connectivity index (χ4n) is 1.94. The molecule has 0 fully saturated rings. The third-order valence-electron chi connectivity index (χ3n) is 2.81. The molecule has 0 aliphatic heterocycles. The summed E-state index contributed by atoms with van der Waals surface area (Å²) in [5.41, 5.74) is 1.70. The van der Waals surface area contributed by atoms with Crippen molar-refractivity contribution in [3.05, 3.63) is 30.9 Å². The van der Waals surface area contributed by atoms with Gasteiger partial charge >= 0.3 is 5.97 Å². The maximum absolute atomic E-state index is 10.7. The number of nitrogens with zero attached hydrogens (tertiary/aromatic N) is 2. The highest BCUT2D eigenvalue weighted by Crippen LogP contribution is 2.30. The molecule has 106 valence electrons. The maximum Gasteiger partial charge on any atom is 0.313 e. The van der Waals surface area contributed by atoms with Gasteiger partial charge in [-0.15, -0.1) is 6.58 Å². The number of imidazole rings is 1. The van der Waals surface area contributed by atoms with Gasteiger partial charge in [0.25, 0.3) is 0 Å². The molecule has 0 aliphatic carbocycles. The van der Waals surface area contributed by atoms with Crippen LogP contribution in [0.25, 0.3) is 11.0 Å². The van der Waals surface area contributed by atoms with Crippen LogP contribution in [-0.4, -0.2) is 33.5 Å². The molecule has 1 aromatic carbocycles. The number of carboxylic acid groups (broad SMARTS) is 1. The lowest BCUT2D eigenvalue weighted by Gasteiger charge is -2.06. The fourth-order valence-corrected chi connectivity index (χ4v) is 2.69. The average molecular weight is 292 g/mol. The molecule has 0 spiro atoms. The second-order valence-corrected chi connectivity index (χ2v) is 5.08. The minimum atomic E-state index is -0.857. The van der Waals surface area contributed by atoms with E-state index in [0.29, 0.717) is 10.9 Å². The Morgan fingerprint density at radius 1 is 1.60 bits per heavy atom. The van der Waals surface area contributed by atoms with Crippen molar-refractivity contribution in [1.29, 1.82) is 0 Å². The number of aliphatic carboxylic acids is 1. The zero-order valence-electron chi connectivity index (χ0n) is 11.2. The molecule has 0 saturated carbocycles. The van der Waals surface area contributed by atoms with E-state index in [1.807, 2.05) is 28.8 Å². The van der Waals surface area contributed by atoms with E-state index in [0.717, 1.165) is 24.0 Å². The first-order valence-electron chi connectivity index (χ1n) is 6.16. The Morgan fingerprint density at radius 2 is 2.40 bits per heavy atom. The average Bonchev–Trinajstić information content (AvgIpc) is 2.80. The van der Waals surface area contributed by atoms with Crippen molar-refractivity contribution in [2.24, 2.45) is 0 Å². The Balaban J connectivity index is 2.47. The van der Waals surface area contributed by atoms with Gasteiger partial charge in [0, 0.05) is 6.54 Å². The summed E-state index contributed by atoms with van der Waals surface area (Å²) >= 11 is 1.21. The lowest BCUT2D eigenvalue weighted by atomic mass is 10.3. The number of benzene rings is 1. The molecule has 5 nitrogen and oxygen atoms in total. The van der Waals surface area contributed by atoms with Crippen LogP contribution < -0.4 is 4.74 Å². The van der Waals surface area contributed by atoms with Crippen LogP contribution in [0.3, 0.4) is 0 Å². The second kappa shape index (κ2) is 6.47. The van der Waals surface area contributed by atoms with Gasteiger partial charge in [-0.1, -0.05) is 23.9 Å². The highest BCUT2D eigenvalue weighted by molar-refractivity contribution is 7.99. The molecule has 0 atom stereocenters. The van der Waals surface area contributed by atoms with Crippen LogP contribution in [0.1, 0.15) is 6.42 Å². The predicted molar refractivity (Wildman–Crippen MR) is 79.5 cm³/mol. The molecule has 2 rings (SSSR count). The minimum absolute atomic E-state index is 0.0142. The number of methoxy groups -OCH3 is 1. The summed E-state index contributed by atoms with van der Waals surface area (Å²) in [4.78, 5) is 15.2. The summed E-state index contributed by atoms with van der Waals surface area (Å²) in [6, 6.07) is 5.70. The molecule has 0 bridgehead atoms. The van der Waals surface area contributed by atoms with Crippen molar-refractivity contribution < 1.29 is 14.6 Å². The van der Waals surface area contributed by atoms with Gasteiger partial charge in [0.05, 0.1) is 18.4 Å². The molecule has 0 unspecified atom stereocenters. The third-order valence-corrected chi connectivity index (χ3v) is 3.77. The van der Waals surface area contributed by atoms with Crippen LogP contribution in [0, 0.1) is 0 Å². The quantitative estimate of drug-likeness (QED) is 0.628. The molecule has 1 heterocycles. The number of hydrogen-bond acceptors (Lipinski definition) is 4. The number of hydrogen-bond donors (Lipinski definition) is 1. The van der Waals surface area contributed by atoms with Crippen molar-refractivity contribution in [1.82, 2.24) is 9.55 Å². The van der Waals surface area contributed by atoms with Crippen molar-refractivity contribution in [2.45, 2.75) is 18.1 Å². The normalized spacial score (nSPS) is 10.7. The summed E-state index contributed by atoms with van der Waals surface area (Å²) in [5, 5.41) is 9.51. The van der Waals surface area contributed by atoms with Gasteiger partial charge in [0.15, 0.2) is 5.16 Å². The number of aromatic nitrogens is 2. The van der Waals surface area contributed by atoms with E-state index in [1.165, 1.54) is 11.8 Å². The van der Waals surface area contributed by atoms with Crippen LogP contribution in [0.2, 0.25) is 0 Å². The number of carbonyl (C=O) groups is 1. The molecule has 6 heteroatoms. The van der Waals surface area contributed by atoms with Crippen LogP contribution in [0.15, 0.2) is 36.0 Å². The van der Waals surface area contributed by atoms with Gasteiger partial charge in [-0.05, 0) is 18.6 Å². The fraction of sp³-hybridized carbons (Fsp3) is 0.286. The van der Waals surface area contributed by atoms with Crippen molar-refractivity contribution >= 4 is 28.8 Å². The van der Waals surface area contributed by atoms with Gasteiger partial charge in [-0.2, -0.15) is 0 Å². The Hall–Kier alpha value is -1.95. The smallest absolute Gasteiger partial charge is 0.313 e. The number of ether oxygens (including phenoxy) is 1. The number of carboxylic acids is 1. The summed E-state index contributed by atoms with van der Waals surface area (Å²) < 4.78 is 7.31. The van der Waals surface area contributed by atoms with E-state index < -0.39 is 5.97 Å². The van der Waals surface area contributed by atoms with Gasteiger partial charge in [-0.25, -0.2) is 4.98 Å². The van der Waals surface area contributed by atoms with Crippen LogP contribution in [-0.2, 0) is 11.3 Å². The number of allylic oxidation sites excluding steroid dienone is 1. The molecule has 0 aliphatic rings. The first-order valence-corrected chi connectivity index (χ1v) is 7.14. The van der Waals surface area contributed by atoms with E-state index in [4.69, 9.17) is 9.84 Å². The van der Waals surface area contributed by atoms with Crippen LogP contribution in [0.4, 0.5) is 0 Å². The zero-order chi connectivity index (χ0) is 14.5. The van der Waals surface area contributed by atoms with Crippen molar-refractivity contribution in [3.63, 3.8) is 0 Å². The van der Waals surface area contributed by atoms with Gasteiger partial charge in [-0.3, -0.25) is 4.79 Å². The maximum atomic E-state index is 10.7.